The minimum atomic E-state index is 0.194. The predicted molar refractivity (Wildman–Crippen MR) is 83.5 cm³/mol. The molecule has 0 atom stereocenters. The number of carbonyl (C=O) groups excluding carboxylic acids is 1. The highest BCUT2D eigenvalue weighted by Crippen LogP contribution is 2.22. The average molecular weight is 325 g/mol. The molecule has 0 saturated heterocycles. The quantitative estimate of drug-likeness (QED) is 0.288. The molecule has 0 unspecified atom stereocenters. The van der Waals surface area contributed by atoms with Crippen molar-refractivity contribution in [3.63, 3.8) is 0 Å². The average Bonchev–Trinajstić information content (AvgIpc) is 2.41. The first kappa shape index (κ1) is 16.0. The number of halogens is 1. The number of ether oxygens (including phenoxy) is 1. The van der Waals surface area contributed by atoms with E-state index in [0.717, 1.165) is 41.5 Å². The van der Waals surface area contributed by atoms with E-state index in [1.807, 2.05) is 31.2 Å². The Balaban J connectivity index is 2.87. The third-order valence-electron chi connectivity index (χ3n) is 2.76. The van der Waals surface area contributed by atoms with Crippen LogP contribution in [0.15, 0.2) is 30.9 Å². The number of alkyl halides is 1. The first-order valence-corrected chi connectivity index (χ1v) is 7.80. The summed E-state index contributed by atoms with van der Waals surface area (Å²) in [6, 6.07) is 5.69. The van der Waals surface area contributed by atoms with Gasteiger partial charge in [-0.25, -0.2) is 0 Å². The Kier molecular flexibility index (Phi) is 7.49. The molecule has 0 fully saturated rings. The zero-order chi connectivity index (χ0) is 14.1. The van der Waals surface area contributed by atoms with E-state index >= 15 is 0 Å². The molecule has 0 spiro atoms. The van der Waals surface area contributed by atoms with E-state index in [1.54, 1.807) is 0 Å². The summed E-state index contributed by atoms with van der Waals surface area (Å²) in [6.45, 7) is 6.45. The van der Waals surface area contributed by atoms with Crippen LogP contribution in [0, 0.1) is 0 Å². The van der Waals surface area contributed by atoms with Gasteiger partial charge in [-0.15, -0.1) is 6.58 Å². The number of hydrogen-bond donors (Lipinski definition) is 0. The maximum Gasteiger partial charge on any atom is 0.162 e. The number of benzene rings is 1. The lowest BCUT2D eigenvalue weighted by Gasteiger charge is -2.11. The number of rotatable bonds is 9. The Morgan fingerprint density at radius 2 is 2.26 bits per heavy atom. The van der Waals surface area contributed by atoms with Gasteiger partial charge in [-0.3, -0.25) is 4.79 Å². The van der Waals surface area contributed by atoms with Gasteiger partial charge >= 0.3 is 0 Å². The third-order valence-corrected chi connectivity index (χ3v) is 3.32. The molecule has 3 heteroatoms. The number of ketones is 1. The summed E-state index contributed by atoms with van der Waals surface area (Å²) in [7, 11) is 0. The highest BCUT2D eigenvalue weighted by atomic mass is 79.9. The molecule has 1 aromatic rings. The van der Waals surface area contributed by atoms with E-state index in [0.29, 0.717) is 13.0 Å². The first-order chi connectivity index (χ1) is 9.22. The summed E-state index contributed by atoms with van der Waals surface area (Å²) in [5.41, 5.74) is 1.80. The van der Waals surface area contributed by atoms with Crippen LogP contribution in [-0.4, -0.2) is 17.7 Å². The molecule has 0 amide bonds. The molecule has 0 aliphatic carbocycles. The van der Waals surface area contributed by atoms with E-state index in [4.69, 9.17) is 4.74 Å². The van der Waals surface area contributed by atoms with Crippen LogP contribution >= 0.6 is 15.9 Å². The van der Waals surface area contributed by atoms with E-state index in [1.165, 1.54) is 0 Å². The Bertz CT molecular complexity index is 427. The molecule has 1 rings (SSSR count). The molecule has 0 aromatic heterocycles. The fraction of sp³-hybridized carbons (Fsp3) is 0.438. The van der Waals surface area contributed by atoms with E-state index in [2.05, 4.69) is 22.5 Å². The predicted octanol–water partition coefficient (Wildman–Crippen LogP) is 4.56. The van der Waals surface area contributed by atoms with Crippen molar-refractivity contribution in [3.8, 4) is 5.75 Å². The molecular formula is C16H21BrO2. The van der Waals surface area contributed by atoms with Crippen molar-refractivity contribution in [1.29, 1.82) is 0 Å². The number of carbonyl (C=O) groups is 1. The molecule has 0 aliphatic rings. The van der Waals surface area contributed by atoms with Crippen molar-refractivity contribution in [2.24, 2.45) is 0 Å². The third kappa shape index (κ3) is 5.19. The van der Waals surface area contributed by atoms with Gasteiger partial charge in [0.1, 0.15) is 5.75 Å². The zero-order valence-electron chi connectivity index (χ0n) is 11.5. The molecule has 1 aromatic carbocycles. The van der Waals surface area contributed by atoms with Crippen LogP contribution in [0.4, 0.5) is 0 Å². The second kappa shape index (κ2) is 8.92. The fourth-order valence-corrected chi connectivity index (χ4v) is 2.05. The smallest absolute Gasteiger partial charge is 0.162 e. The Hall–Kier alpha value is -1.09. The molecule has 2 nitrogen and oxygen atoms in total. The molecule has 104 valence electrons. The lowest BCUT2D eigenvalue weighted by atomic mass is 10.0. The van der Waals surface area contributed by atoms with Crippen molar-refractivity contribution < 1.29 is 9.53 Å². The zero-order valence-corrected chi connectivity index (χ0v) is 13.0. The van der Waals surface area contributed by atoms with Crippen molar-refractivity contribution in [2.75, 3.05) is 11.9 Å². The van der Waals surface area contributed by atoms with Crippen LogP contribution in [0.5, 0.6) is 5.75 Å². The van der Waals surface area contributed by atoms with E-state index in [-0.39, 0.29) is 5.78 Å². The van der Waals surface area contributed by atoms with Crippen LogP contribution in [0.25, 0.3) is 0 Å². The maximum absolute atomic E-state index is 11.9. The second-order valence-corrected chi connectivity index (χ2v) is 5.17. The van der Waals surface area contributed by atoms with Gasteiger partial charge in [-0.05, 0) is 43.0 Å². The summed E-state index contributed by atoms with van der Waals surface area (Å²) >= 11 is 3.38. The van der Waals surface area contributed by atoms with E-state index < -0.39 is 0 Å². The number of allylic oxidation sites excluding steroid dienone is 1. The van der Waals surface area contributed by atoms with Crippen LogP contribution in [-0.2, 0) is 6.42 Å². The summed E-state index contributed by atoms with van der Waals surface area (Å²) < 4.78 is 5.74. The van der Waals surface area contributed by atoms with Crippen LogP contribution < -0.4 is 4.74 Å². The van der Waals surface area contributed by atoms with Gasteiger partial charge in [0, 0.05) is 17.3 Å². The minimum absolute atomic E-state index is 0.194. The second-order valence-electron chi connectivity index (χ2n) is 4.38. The van der Waals surface area contributed by atoms with Crippen molar-refractivity contribution in [1.82, 2.24) is 0 Å². The topological polar surface area (TPSA) is 26.3 Å². The Morgan fingerprint density at radius 1 is 1.47 bits per heavy atom. The minimum Gasteiger partial charge on any atom is -0.493 e. The van der Waals surface area contributed by atoms with Crippen molar-refractivity contribution in [3.05, 3.63) is 42.0 Å². The van der Waals surface area contributed by atoms with Crippen molar-refractivity contribution in [2.45, 2.75) is 32.6 Å². The number of hydrogen-bond acceptors (Lipinski definition) is 2. The first-order valence-electron chi connectivity index (χ1n) is 6.68. The lowest BCUT2D eigenvalue weighted by molar-refractivity contribution is 0.0981. The summed E-state index contributed by atoms with van der Waals surface area (Å²) in [6.07, 6.45) is 4.98. The standard InChI is InChI=1S/C16H21BrO2/c1-3-6-14-12-13(15(18)7-4-2)8-9-16(14)19-11-5-10-17/h3,8-9,12H,1,4-7,10-11H2,2H3. The SMILES string of the molecule is C=CCc1cc(C(=O)CCC)ccc1OCCCBr. The molecule has 0 heterocycles. The van der Waals surface area contributed by atoms with Gasteiger partial charge in [0.2, 0.25) is 0 Å². The van der Waals surface area contributed by atoms with Crippen LogP contribution in [0.3, 0.4) is 0 Å². The molecule has 0 bridgehead atoms. The molecule has 0 aliphatic heterocycles. The molecular weight excluding hydrogens is 304 g/mol. The largest absolute Gasteiger partial charge is 0.493 e. The van der Waals surface area contributed by atoms with E-state index in [9.17, 15) is 4.79 Å². The monoisotopic (exact) mass is 324 g/mol. The van der Waals surface area contributed by atoms with Crippen LogP contribution in [0.2, 0.25) is 0 Å². The van der Waals surface area contributed by atoms with Gasteiger partial charge < -0.3 is 4.74 Å². The Morgan fingerprint density at radius 3 is 2.89 bits per heavy atom. The van der Waals surface area contributed by atoms with Gasteiger partial charge in [0.15, 0.2) is 5.78 Å². The normalized spacial score (nSPS) is 10.2. The molecule has 0 saturated carbocycles. The highest BCUT2D eigenvalue weighted by Gasteiger charge is 2.09. The Labute approximate surface area is 124 Å². The summed E-state index contributed by atoms with van der Waals surface area (Å²) in [5, 5.41) is 0.927. The van der Waals surface area contributed by atoms with Gasteiger partial charge in [-0.2, -0.15) is 0 Å². The lowest BCUT2D eigenvalue weighted by Crippen LogP contribution is -2.03. The number of Topliss-reactive ketones (excluding diaryl/α,β-unsaturated/α-hetero) is 1. The van der Waals surface area contributed by atoms with Gasteiger partial charge in [0.05, 0.1) is 6.61 Å². The fourth-order valence-electron chi connectivity index (χ4n) is 1.82. The van der Waals surface area contributed by atoms with Crippen molar-refractivity contribution >= 4 is 21.7 Å². The van der Waals surface area contributed by atoms with Gasteiger partial charge in [-0.1, -0.05) is 28.9 Å². The molecule has 0 radical (unpaired) electrons. The maximum atomic E-state index is 11.9. The van der Waals surface area contributed by atoms with Gasteiger partial charge in [0.25, 0.3) is 0 Å². The summed E-state index contributed by atoms with van der Waals surface area (Å²) in [4.78, 5) is 11.9. The van der Waals surface area contributed by atoms with Crippen LogP contribution in [0.1, 0.15) is 42.1 Å². The summed E-state index contributed by atoms with van der Waals surface area (Å²) in [5.74, 6) is 1.05. The highest BCUT2D eigenvalue weighted by molar-refractivity contribution is 9.09. The molecule has 19 heavy (non-hydrogen) atoms. The molecule has 0 N–H and O–H groups in total.